The third-order valence-electron chi connectivity index (χ3n) is 3.59. The summed E-state index contributed by atoms with van der Waals surface area (Å²) in [5.41, 5.74) is 2.26. The van der Waals surface area contributed by atoms with Gasteiger partial charge in [-0.05, 0) is 41.8 Å². The highest BCUT2D eigenvalue weighted by Gasteiger charge is 2.12. The van der Waals surface area contributed by atoms with Gasteiger partial charge in [-0.25, -0.2) is 9.18 Å². The van der Waals surface area contributed by atoms with E-state index >= 15 is 0 Å². The van der Waals surface area contributed by atoms with Crippen LogP contribution in [-0.2, 0) is 4.74 Å². The van der Waals surface area contributed by atoms with Gasteiger partial charge in [0.1, 0.15) is 18.5 Å². The summed E-state index contributed by atoms with van der Waals surface area (Å²) in [4.78, 5) is 11.9. The number of phenols is 1. The number of aromatic hydroxyl groups is 1. The van der Waals surface area contributed by atoms with Crippen molar-refractivity contribution in [1.82, 2.24) is 0 Å². The van der Waals surface area contributed by atoms with Crippen LogP contribution in [0.25, 0.3) is 11.1 Å². The molecule has 1 atom stereocenters. The summed E-state index contributed by atoms with van der Waals surface area (Å²) < 4.78 is 18.5. The smallest absolute Gasteiger partial charge is 0.338 e. The largest absolute Gasteiger partial charge is 0.508 e. The van der Waals surface area contributed by atoms with Gasteiger partial charge in [-0.15, -0.1) is 0 Å². The van der Waals surface area contributed by atoms with Crippen molar-refractivity contribution in [2.75, 3.05) is 6.61 Å². The van der Waals surface area contributed by atoms with Crippen molar-refractivity contribution in [3.05, 3.63) is 54.1 Å². The maximum atomic E-state index is 13.5. The molecule has 0 aliphatic rings. The van der Waals surface area contributed by atoms with E-state index < -0.39 is 12.1 Å². The maximum Gasteiger partial charge on any atom is 0.338 e. The van der Waals surface area contributed by atoms with Crippen LogP contribution in [0.3, 0.4) is 0 Å². The molecule has 3 nitrogen and oxygen atoms in total. The lowest BCUT2D eigenvalue weighted by Gasteiger charge is -2.09. The molecule has 2 aromatic carbocycles. The van der Waals surface area contributed by atoms with Crippen LogP contribution in [0, 0.1) is 0 Å². The van der Waals surface area contributed by atoms with E-state index in [2.05, 4.69) is 0 Å². The molecule has 0 saturated carbocycles. The van der Waals surface area contributed by atoms with Crippen molar-refractivity contribution in [3.63, 3.8) is 0 Å². The second-order valence-electron chi connectivity index (χ2n) is 5.46. The van der Waals surface area contributed by atoms with Gasteiger partial charge in [-0.1, -0.05) is 44.0 Å². The molecule has 4 heteroatoms. The predicted octanol–water partition coefficient (Wildman–Crippen LogP) is 4.74. The van der Waals surface area contributed by atoms with Crippen LogP contribution in [0.1, 0.15) is 36.5 Å². The molecule has 0 aromatic heterocycles. The second kappa shape index (κ2) is 8.32. The Morgan fingerprint density at radius 3 is 2.22 bits per heavy atom. The van der Waals surface area contributed by atoms with Gasteiger partial charge in [0.15, 0.2) is 0 Å². The van der Waals surface area contributed by atoms with Crippen molar-refractivity contribution in [2.24, 2.45) is 0 Å². The van der Waals surface area contributed by atoms with Crippen LogP contribution < -0.4 is 0 Å². The Labute approximate surface area is 135 Å². The molecule has 0 fully saturated rings. The summed E-state index contributed by atoms with van der Waals surface area (Å²) in [5.74, 6) is -0.306. The third-order valence-corrected chi connectivity index (χ3v) is 3.59. The Morgan fingerprint density at radius 1 is 1.09 bits per heavy atom. The van der Waals surface area contributed by atoms with E-state index in [1.807, 2.05) is 6.92 Å². The number of carbonyl (C=O) groups excluding carboxylic acids is 1. The number of phenolic OH excluding ortho intramolecular Hbond substituents is 1. The Bertz CT molecular complexity index is 620. The summed E-state index contributed by atoms with van der Waals surface area (Å²) in [5, 5.41) is 9.29. The highest BCUT2D eigenvalue weighted by Crippen LogP contribution is 2.22. The molecule has 0 spiro atoms. The first-order valence-electron chi connectivity index (χ1n) is 7.81. The number of halogens is 1. The maximum absolute atomic E-state index is 13.5. The van der Waals surface area contributed by atoms with Crippen LogP contribution in [0.5, 0.6) is 5.75 Å². The fourth-order valence-corrected chi connectivity index (χ4v) is 2.21. The quantitative estimate of drug-likeness (QED) is 0.750. The number of carbonyl (C=O) groups is 1. The van der Waals surface area contributed by atoms with Crippen LogP contribution >= 0.6 is 0 Å². The lowest BCUT2D eigenvalue weighted by molar-refractivity contribution is 0.0389. The van der Waals surface area contributed by atoms with E-state index in [4.69, 9.17) is 4.74 Å². The van der Waals surface area contributed by atoms with Gasteiger partial charge in [-0.2, -0.15) is 0 Å². The number of benzene rings is 2. The Hall–Kier alpha value is -2.36. The van der Waals surface area contributed by atoms with E-state index in [-0.39, 0.29) is 12.4 Å². The second-order valence-corrected chi connectivity index (χ2v) is 5.46. The number of esters is 1. The molecule has 122 valence electrons. The first-order valence-corrected chi connectivity index (χ1v) is 7.81. The van der Waals surface area contributed by atoms with Crippen molar-refractivity contribution in [1.29, 1.82) is 0 Å². The minimum absolute atomic E-state index is 0.196. The molecule has 2 rings (SSSR count). The molecular formula is C19H21FO3. The Kier molecular flexibility index (Phi) is 6.15. The van der Waals surface area contributed by atoms with Gasteiger partial charge < -0.3 is 9.84 Å². The number of ether oxygens (including phenoxy) is 1. The van der Waals surface area contributed by atoms with Crippen molar-refractivity contribution in [3.8, 4) is 16.9 Å². The number of hydrogen-bond donors (Lipinski definition) is 1. The highest BCUT2D eigenvalue weighted by atomic mass is 19.1. The van der Waals surface area contributed by atoms with Crippen LogP contribution in [0.15, 0.2) is 48.5 Å². The summed E-state index contributed by atoms with van der Waals surface area (Å²) in [6.07, 6.45) is 1.03. The van der Waals surface area contributed by atoms with Gasteiger partial charge >= 0.3 is 5.97 Å². The van der Waals surface area contributed by atoms with Gasteiger partial charge in [0, 0.05) is 0 Å². The number of alkyl halides is 1. The van der Waals surface area contributed by atoms with Gasteiger partial charge in [0.25, 0.3) is 0 Å². The fourth-order valence-electron chi connectivity index (χ4n) is 2.21. The molecular weight excluding hydrogens is 295 g/mol. The molecule has 0 saturated heterocycles. The zero-order valence-electron chi connectivity index (χ0n) is 13.2. The molecule has 0 amide bonds. The first-order chi connectivity index (χ1) is 11.1. The van der Waals surface area contributed by atoms with E-state index in [0.717, 1.165) is 24.0 Å². The summed E-state index contributed by atoms with van der Waals surface area (Å²) in [6, 6.07) is 13.7. The van der Waals surface area contributed by atoms with Crippen LogP contribution in [0.2, 0.25) is 0 Å². The highest BCUT2D eigenvalue weighted by molar-refractivity contribution is 5.90. The van der Waals surface area contributed by atoms with Gasteiger partial charge in [0.05, 0.1) is 5.56 Å². The standard InChI is InChI=1S/C19H21FO3/c1-2-3-4-17(20)13-23-19(22)16-7-5-14(6-8-16)15-9-11-18(21)12-10-15/h5-12,17,21H,2-4,13H2,1H3. The topological polar surface area (TPSA) is 46.5 Å². The van der Waals surface area contributed by atoms with Crippen molar-refractivity contribution in [2.45, 2.75) is 32.4 Å². The van der Waals surface area contributed by atoms with E-state index in [9.17, 15) is 14.3 Å². The monoisotopic (exact) mass is 316 g/mol. The summed E-state index contributed by atoms with van der Waals surface area (Å²) in [6.45, 7) is 1.80. The minimum Gasteiger partial charge on any atom is -0.508 e. The zero-order valence-corrected chi connectivity index (χ0v) is 13.2. The Morgan fingerprint density at radius 2 is 1.65 bits per heavy atom. The normalized spacial score (nSPS) is 11.9. The molecule has 0 heterocycles. The summed E-state index contributed by atoms with van der Waals surface area (Å²) in [7, 11) is 0. The van der Waals surface area contributed by atoms with Crippen LogP contribution in [-0.4, -0.2) is 23.9 Å². The minimum atomic E-state index is -1.10. The number of unbranched alkanes of at least 4 members (excludes halogenated alkanes) is 1. The molecule has 0 aliphatic heterocycles. The molecule has 0 aliphatic carbocycles. The van der Waals surface area contributed by atoms with Crippen molar-refractivity contribution < 1.29 is 19.0 Å². The zero-order chi connectivity index (χ0) is 16.7. The number of rotatable bonds is 7. The summed E-state index contributed by atoms with van der Waals surface area (Å²) >= 11 is 0. The average Bonchev–Trinajstić information content (AvgIpc) is 2.58. The van der Waals surface area contributed by atoms with E-state index in [1.165, 1.54) is 0 Å². The SMILES string of the molecule is CCCCC(F)COC(=O)c1ccc(-c2ccc(O)cc2)cc1. The fraction of sp³-hybridized carbons (Fsp3) is 0.316. The molecule has 0 bridgehead atoms. The molecule has 1 unspecified atom stereocenters. The lowest BCUT2D eigenvalue weighted by atomic mass is 10.0. The molecule has 1 N–H and O–H groups in total. The predicted molar refractivity (Wildman–Crippen MR) is 88.2 cm³/mol. The van der Waals surface area contributed by atoms with Gasteiger partial charge in [-0.3, -0.25) is 0 Å². The average molecular weight is 316 g/mol. The first kappa shape index (κ1) is 17.0. The molecule has 23 heavy (non-hydrogen) atoms. The lowest BCUT2D eigenvalue weighted by Crippen LogP contribution is -2.15. The molecule has 2 aromatic rings. The van der Waals surface area contributed by atoms with E-state index in [1.54, 1.807) is 48.5 Å². The van der Waals surface area contributed by atoms with Gasteiger partial charge in [0.2, 0.25) is 0 Å². The van der Waals surface area contributed by atoms with Crippen molar-refractivity contribution >= 4 is 5.97 Å². The van der Waals surface area contributed by atoms with E-state index in [0.29, 0.717) is 12.0 Å². The van der Waals surface area contributed by atoms with Crippen LogP contribution in [0.4, 0.5) is 4.39 Å². The third kappa shape index (κ3) is 5.09. The molecule has 0 radical (unpaired) electrons. The Balaban J connectivity index is 1.93. The number of hydrogen-bond acceptors (Lipinski definition) is 3.